The van der Waals surface area contributed by atoms with Gasteiger partial charge in [-0.2, -0.15) is 0 Å². The highest BCUT2D eigenvalue weighted by molar-refractivity contribution is 7.12. The molecule has 3 rings (SSSR count). The lowest BCUT2D eigenvalue weighted by Gasteiger charge is -2.50. The van der Waals surface area contributed by atoms with Crippen molar-refractivity contribution in [2.75, 3.05) is 33.4 Å². The second-order valence-electron chi connectivity index (χ2n) is 5.75. The number of nitrogens with zero attached hydrogens (tertiary/aromatic N) is 1. The minimum absolute atomic E-state index is 0.0157. The Hall–Kier alpha value is -0.910. The fourth-order valence-electron chi connectivity index (χ4n) is 3.52. The molecule has 2 fully saturated rings. The zero-order chi connectivity index (χ0) is 14.0. The first kappa shape index (κ1) is 14.0. The quantitative estimate of drug-likeness (QED) is 0.859. The van der Waals surface area contributed by atoms with E-state index in [1.165, 1.54) is 11.3 Å². The molecule has 0 N–H and O–H groups in total. The summed E-state index contributed by atoms with van der Waals surface area (Å²) in [5, 5.41) is 1.95. The number of amides is 1. The molecule has 1 aromatic heterocycles. The third-order valence-electron chi connectivity index (χ3n) is 4.44. The molecular weight excluding hydrogens is 274 g/mol. The minimum Gasteiger partial charge on any atom is -0.384 e. The number of carbonyl (C=O) groups excluding carboxylic acids is 1. The van der Waals surface area contributed by atoms with Gasteiger partial charge in [-0.25, -0.2) is 0 Å². The van der Waals surface area contributed by atoms with Crippen molar-refractivity contribution in [2.45, 2.75) is 25.4 Å². The molecule has 4 nitrogen and oxygen atoms in total. The molecule has 3 heterocycles. The van der Waals surface area contributed by atoms with E-state index >= 15 is 0 Å². The van der Waals surface area contributed by atoms with Gasteiger partial charge in [-0.15, -0.1) is 11.3 Å². The van der Waals surface area contributed by atoms with Gasteiger partial charge in [-0.05, 0) is 30.7 Å². The molecule has 2 saturated heterocycles. The van der Waals surface area contributed by atoms with Crippen molar-refractivity contribution in [3.05, 3.63) is 22.4 Å². The highest BCUT2D eigenvalue weighted by Gasteiger charge is 2.47. The summed E-state index contributed by atoms with van der Waals surface area (Å²) in [5.41, 5.74) is -0.0157. The number of likely N-dealkylation sites (tertiary alicyclic amines) is 1. The predicted octanol–water partition coefficient (Wildman–Crippen LogP) is 2.41. The number of ether oxygens (including phenoxy) is 2. The van der Waals surface area contributed by atoms with Crippen LogP contribution in [-0.4, -0.2) is 50.3 Å². The lowest BCUT2D eigenvalue weighted by molar-refractivity contribution is -0.142. The Morgan fingerprint density at radius 1 is 1.65 bits per heavy atom. The fourth-order valence-corrected chi connectivity index (χ4v) is 4.21. The Bertz CT molecular complexity index is 458. The van der Waals surface area contributed by atoms with Crippen molar-refractivity contribution in [1.82, 2.24) is 4.90 Å². The topological polar surface area (TPSA) is 38.8 Å². The smallest absolute Gasteiger partial charge is 0.263 e. The van der Waals surface area contributed by atoms with Gasteiger partial charge in [0, 0.05) is 32.2 Å². The van der Waals surface area contributed by atoms with Crippen LogP contribution >= 0.6 is 11.3 Å². The SMILES string of the molecule is COCC12CCCOC1CCN(C(=O)c1cccs1)C2. The van der Waals surface area contributed by atoms with E-state index in [1.54, 1.807) is 7.11 Å². The Morgan fingerprint density at radius 2 is 2.55 bits per heavy atom. The largest absolute Gasteiger partial charge is 0.384 e. The van der Waals surface area contributed by atoms with Gasteiger partial charge in [-0.3, -0.25) is 4.79 Å². The Kier molecular flexibility index (Phi) is 4.10. The molecule has 0 bridgehead atoms. The summed E-state index contributed by atoms with van der Waals surface area (Å²) in [4.78, 5) is 15.3. The maximum absolute atomic E-state index is 12.5. The van der Waals surface area contributed by atoms with Gasteiger partial charge >= 0.3 is 0 Å². The van der Waals surface area contributed by atoms with E-state index in [2.05, 4.69) is 0 Å². The highest BCUT2D eigenvalue weighted by Crippen LogP contribution is 2.40. The summed E-state index contributed by atoms with van der Waals surface area (Å²) in [6, 6.07) is 3.83. The summed E-state index contributed by atoms with van der Waals surface area (Å²) in [6.07, 6.45) is 3.30. The fraction of sp³-hybridized carbons (Fsp3) is 0.667. The monoisotopic (exact) mass is 295 g/mol. The molecule has 5 heteroatoms. The lowest BCUT2D eigenvalue weighted by atomic mass is 9.73. The molecule has 1 amide bonds. The number of piperidine rings is 1. The average molecular weight is 295 g/mol. The molecule has 2 aliphatic heterocycles. The standard InChI is InChI=1S/C15H21NO3S/c1-18-11-15-6-3-8-19-13(15)5-7-16(10-15)14(17)12-4-2-9-20-12/h2,4,9,13H,3,5-8,10-11H2,1H3. The molecule has 110 valence electrons. The summed E-state index contributed by atoms with van der Waals surface area (Å²) in [5.74, 6) is 0.152. The van der Waals surface area contributed by atoms with Crippen LogP contribution in [0.2, 0.25) is 0 Å². The van der Waals surface area contributed by atoms with Crippen molar-refractivity contribution in [3.63, 3.8) is 0 Å². The Morgan fingerprint density at radius 3 is 3.30 bits per heavy atom. The molecule has 20 heavy (non-hydrogen) atoms. The highest BCUT2D eigenvalue weighted by atomic mass is 32.1. The third kappa shape index (κ3) is 2.50. The molecule has 0 spiro atoms. The zero-order valence-corrected chi connectivity index (χ0v) is 12.7. The first-order valence-corrected chi connectivity index (χ1v) is 8.06. The second-order valence-corrected chi connectivity index (χ2v) is 6.70. The third-order valence-corrected chi connectivity index (χ3v) is 5.30. The van der Waals surface area contributed by atoms with E-state index in [9.17, 15) is 4.79 Å². The molecule has 0 radical (unpaired) electrons. The van der Waals surface area contributed by atoms with E-state index in [1.807, 2.05) is 22.4 Å². The molecule has 2 atom stereocenters. The molecule has 0 aromatic carbocycles. The van der Waals surface area contributed by atoms with Crippen molar-refractivity contribution in [1.29, 1.82) is 0 Å². The van der Waals surface area contributed by atoms with Gasteiger partial charge in [-0.1, -0.05) is 6.07 Å². The number of carbonyl (C=O) groups is 1. The lowest BCUT2D eigenvalue weighted by Crippen LogP contribution is -2.57. The van der Waals surface area contributed by atoms with Crippen LogP contribution < -0.4 is 0 Å². The van der Waals surface area contributed by atoms with Gasteiger partial charge in [0.25, 0.3) is 5.91 Å². The van der Waals surface area contributed by atoms with Crippen LogP contribution in [0.4, 0.5) is 0 Å². The summed E-state index contributed by atoms with van der Waals surface area (Å²) < 4.78 is 11.4. The number of hydrogen-bond donors (Lipinski definition) is 0. The van der Waals surface area contributed by atoms with E-state index in [0.717, 1.165) is 43.8 Å². The summed E-state index contributed by atoms with van der Waals surface area (Å²) >= 11 is 1.51. The maximum atomic E-state index is 12.5. The van der Waals surface area contributed by atoms with Crippen molar-refractivity contribution in [3.8, 4) is 0 Å². The van der Waals surface area contributed by atoms with Gasteiger partial charge in [0.05, 0.1) is 17.6 Å². The van der Waals surface area contributed by atoms with E-state index < -0.39 is 0 Å². The Labute approximate surface area is 123 Å². The molecular formula is C15H21NO3S. The van der Waals surface area contributed by atoms with Crippen LogP contribution in [0.15, 0.2) is 17.5 Å². The molecule has 1 aromatic rings. The molecule has 0 saturated carbocycles. The number of thiophene rings is 1. The number of methoxy groups -OCH3 is 1. The van der Waals surface area contributed by atoms with Crippen LogP contribution in [0.5, 0.6) is 0 Å². The van der Waals surface area contributed by atoms with Crippen LogP contribution in [-0.2, 0) is 9.47 Å². The molecule has 2 unspecified atom stereocenters. The minimum atomic E-state index is -0.0157. The number of rotatable bonds is 3. The normalized spacial score (nSPS) is 30.1. The van der Waals surface area contributed by atoms with Crippen LogP contribution in [0.1, 0.15) is 28.9 Å². The number of hydrogen-bond acceptors (Lipinski definition) is 4. The Balaban J connectivity index is 1.77. The van der Waals surface area contributed by atoms with Crippen molar-refractivity contribution < 1.29 is 14.3 Å². The van der Waals surface area contributed by atoms with Gasteiger partial charge in [0.1, 0.15) is 0 Å². The van der Waals surface area contributed by atoms with Gasteiger partial charge in [0.2, 0.25) is 0 Å². The molecule has 0 aliphatic carbocycles. The van der Waals surface area contributed by atoms with Crippen LogP contribution in [0.3, 0.4) is 0 Å². The number of fused-ring (bicyclic) bond motifs is 1. The van der Waals surface area contributed by atoms with E-state index in [4.69, 9.17) is 9.47 Å². The summed E-state index contributed by atoms with van der Waals surface area (Å²) in [7, 11) is 1.74. The first-order chi connectivity index (χ1) is 9.75. The van der Waals surface area contributed by atoms with Crippen molar-refractivity contribution >= 4 is 17.2 Å². The average Bonchev–Trinajstić information content (AvgIpc) is 3.00. The van der Waals surface area contributed by atoms with Crippen molar-refractivity contribution in [2.24, 2.45) is 5.41 Å². The first-order valence-electron chi connectivity index (χ1n) is 7.18. The summed E-state index contributed by atoms with van der Waals surface area (Å²) in [6.45, 7) is 3.05. The molecule has 2 aliphatic rings. The predicted molar refractivity (Wildman–Crippen MR) is 78.1 cm³/mol. The zero-order valence-electron chi connectivity index (χ0n) is 11.8. The van der Waals surface area contributed by atoms with Gasteiger partial charge in [0.15, 0.2) is 0 Å². The van der Waals surface area contributed by atoms with Crippen LogP contribution in [0.25, 0.3) is 0 Å². The van der Waals surface area contributed by atoms with E-state index in [0.29, 0.717) is 6.61 Å². The second kappa shape index (κ2) is 5.84. The van der Waals surface area contributed by atoms with Gasteiger partial charge < -0.3 is 14.4 Å². The maximum Gasteiger partial charge on any atom is 0.263 e. The van der Waals surface area contributed by atoms with Crippen LogP contribution in [0, 0.1) is 5.41 Å². The van der Waals surface area contributed by atoms with E-state index in [-0.39, 0.29) is 17.4 Å².